The summed E-state index contributed by atoms with van der Waals surface area (Å²) >= 11 is 6.68. The molecule has 2 N–H and O–H groups in total. The molecular weight excluding hydrogens is 592 g/mol. The van der Waals surface area contributed by atoms with E-state index in [1.807, 2.05) is 32.1 Å². The molecule has 7 atom stereocenters. The summed E-state index contributed by atoms with van der Waals surface area (Å²) in [4.78, 5) is 40.7. The number of fused-ring (bicyclic) bond motifs is 5. The van der Waals surface area contributed by atoms with Gasteiger partial charge in [0.05, 0.1) is 31.2 Å². The third kappa shape index (κ3) is 6.91. The SMILES string of the molecule is COc1cc2cc(c1Cl)N(C)C(=O)CC(OC(=O)C(C)C)[C@]1(C)O[C@H]1[C@H](C)[C@@H]1C[C@@](O)(NC(=O)O1)[C@H](OC)C=CC=C(C)C2. The maximum Gasteiger partial charge on any atom is 0.409 e. The van der Waals surface area contributed by atoms with Crippen molar-refractivity contribution < 1.29 is 43.2 Å². The molecule has 0 aliphatic carbocycles. The molecule has 3 aliphatic heterocycles. The number of allylic oxidation sites excluding steroid dienone is 3. The number of hydrogen-bond acceptors (Lipinski definition) is 9. The van der Waals surface area contributed by atoms with Crippen LogP contribution in [-0.2, 0) is 35.0 Å². The Labute approximate surface area is 263 Å². The first-order valence-corrected chi connectivity index (χ1v) is 15.1. The Hall–Kier alpha value is -3.12. The Morgan fingerprint density at radius 1 is 1.25 bits per heavy atom. The molecule has 0 saturated carbocycles. The summed E-state index contributed by atoms with van der Waals surface area (Å²) in [5.74, 6) is -1.30. The predicted octanol–water partition coefficient (Wildman–Crippen LogP) is 4.32. The van der Waals surface area contributed by atoms with Gasteiger partial charge in [-0.3, -0.25) is 14.9 Å². The average Bonchev–Trinajstić information content (AvgIpc) is 3.66. The zero-order valence-corrected chi connectivity index (χ0v) is 27.3. The number of nitrogens with one attached hydrogen (secondary N) is 1. The first kappa shape index (κ1) is 33.8. The van der Waals surface area contributed by atoms with Crippen LogP contribution in [0, 0.1) is 11.8 Å². The summed E-state index contributed by atoms with van der Waals surface area (Å²) in [5.41, 5.74) is -0.587. The van der Waals surface area contributed by atoms with Crippen molar-refractivity contribution in [3.63, 3.8) is 0 Å². The highest BCUT2D eigenvalue weighted by Crippen LogP contribution is 2.49. The normalized spacial score (nSPS) is 32.8. The third-order valence-electron chi connectivity index (χ3n) is 8.68. The van der Waals surface area contributed by atoms with Crippen molar-refractivity contribution in [2.45, 2.75) is 89.6 Å². The molecule has 4 rings (SSSR count). The van der Waals surface area contributed by atoms with E-state index in [9.17, 15) is 19.5 Å². The second-order valence-corrected chi connectivity index (χ2v) is 12.8. The number of aliphatic hydroxyl groups is 1. The zero-order valence-electron chi connectivity index (χ0n) is 26.5. The Morgan fingerprint density at radius 3 is 2.59 bits per heavy atom. The van der Waals surface area contributed by atoms with E-state index >= 15 is 0 Å². The van der Waals surface area contributed by atoms with E-state index < -0.39 is 59.6 Å². The highest BCUT2D eigenvalue weighted by Gasteiger charge is 2.64. The van der Waals surface area contributed by atoms with Gasteiger partial charge in [-0.2, -0.15) is 0 Å². The van der Waals surface area contributed by atoms with Crippen LogP contribution in [0.4, 0.5) is 10.5 Å². The summed E-state index contributed by atoms with van der Waals surface area (Å²) in [6.45, 7) is 8.95. The number of benzene rings is 1. The fourth-order valence-electron chi connectivity index (χ4n) is 5.88. The maximum absolute atomic E-state index is 13.8. The van der Waals surface area contributed by atoms with E-state index in [2.05, 4.69) is 5.32 Å². The number of epoxide rings is 1. The lowest BCUT2D eigenvalue weighted by Crippen LogP contribution is -2.63. The molecule has 12 heteroatoms. The number of ether oxygens (including phenoxy) is 5. The molecule has 11 nitrogen and oxygen atoms in total. The van der Waals surface area contributed by atoms with Gasteiger partial charge in [-0.15, -0.1) is 0 Å². The van der Waals surface area contributed by atoms with E-state index in [1.165, 1.54) is 19.1 Å². The minimum Gasteiger partial charge on any atom is -0.495 e. The number of halogens is 1. The van der Waals surface area contributed by atoms with Crippen LogP contribution in [0.25, 0.3) is 0 Å². The van der Waals surface area contributed by atoms with Crippen molar-refractivity contribution in [3.8, 4) is 5.75 Å². The van der Waals surface area contributed by atoms with Crippen molar-refractivity contribution in [3.05, 3.63) is 46.5 Å². The number of nitrogens with zero attached hydrogens (tertiary/aromatic N) is 1. The third-order valence-corrected chi connectivity index (χ3v) is 9.06. The fourth-order valence-corrected chi connectivity index (χ4v) is 6.19. The number of rotatable bonds is 4. The topological polar surface area (TPSA) is 136 Å². The molecule has 2 fully saturated rings. The molecule has 3 aliphatic rings. The first-order valence-electron chi connectivity index (χ1n) is 14.7. The minimum atomic E-state index is -1.77. The van der Waals surface area contributed by atoms with Gasteiger partial charge in [-0.05, 0) is 38.0 Å². The molecule has 0 radical (unpaired) electrons. The van der Waals surface area contributed by atoms with E-state index in [-0.39, 0.29) is 23.8 Å². The smallest absolute Gasteiger partial charge is 0.409 e. The Balaban J connectivity index is 1.80. The quantitative estimate of drug-likeness (QED) is 0.366. The van der Waals surface area contributed by atoms with Crippen LogP contribution in [0.5, 0.6) is 5.75 Å². The molecule has 3 heterocycles. The molecule has 242 valence electrons. The van der Waals surface area contributed by atoms with Gasteiger partial charge in [0.15, 0.2) is 5.72 Å². The highest BCUT2D eigenvalue weighted by atomic mass is 35.5. The van der Waals surface area contributed by atoms with Crippen LogP contribution in [0.2, 0.25) is 5.02 Å². The van der Waals surface area contributed by atoms with Crippen molar-refractivity contribution >= 4 is 35.3 Å². The van der Waals surface area contributed by atoms with Gasteiger partial charge in [0.2, 0.25) is 5.91 Å². The van der Waals surface area contributed by atoms with E-state index in [0.29, 0.717) is 17.9 Å². The maximum atomic E-state index is 13.8. The van der Waals surface area contributed by atoms with Gasteiger partial charge < -0.3 is 33.7 Å². The highest BCUT2D eigenvalue weighted by molar-refractivity contribution is 6.35. The van der Waals surface area contributed by atoms with Gasteiger partial charge in [0, 0.05) is 26.5 Å². The molecule has 1 unspecified atom stereocenters. The largest absolute Gasteiger partial charge is 0.495 e. The molecular formula is C32H43ClN2O9. The number of amides is 2. The summed E-state index contributed by atoms with van der Waals surface area (Å²) in [7, 11) is 4.56. The predicted molar refractivity (Wildman–Crippen MR) is 164 cm³/mol. The van der Waals surface area contributed by atoms with Crippen LogP contribution < -0.4 is 15.0 Å². The molecule has 2 saturated heterocycles. The summed E-state index contributed by atoms with van der Waals surface area (Å²) < 4.78 is 28.8. The zero-order chi connectivity index (χ0) is 32.6. The number of anilines is 1. The lowest BCUT2D eigenvalue weighted by Gasteiger charge is -2.42. The van der Waals surface area contributed by atoms with E-state index in [0.717, 1.165) is 11.1 Å². The Morgan fingerprint density at radius 2 is 1.95 bits per heavy atom. The average molecular weight is 635 g/mol. The molecule has 44 heavy (non-hydrogen) atoms. The summed E-state index contributed by atoms with van der Waals surface area (Å²) in [6.07, 6.45) is 1.65. The monoisotopic (exact) mass is 634 g/mol. The second kappa shape index (κ2) is 13.1. The number of carbonyl (C=O) groups is 3. The van der Waals surface area contributed by atoms with Crippen molar-refractivity contribution in [2.75, 3.05) is 26.2 Å². The number of carbonyl (C=O) groups excluding carboxylic acids is 3. The Kier molecular flexibility index (Phi) is 10.0. The van der Waals surface area contributed by atoms with Crippen molar-refractivity contribution in [2.24, 2.45) is 11.8 Å². The number of alkyl carbamates (subject to hydrolysis) is 1. The molecule has 2 amide bonds. The molecule has 0 spiro atoms. The Bertz CT molecular complexity index is 1350. The van der Waals surface area contributed by atoms with Crippen molar-refractivity contribution in [1.82, 2.24) is 5.32 Å². The van der Waals surface area contributed by atoms with Crippen LogP contribution in [0.1, 0.15) is 53.0 Å². The van der Waals surface area contributed by atoms with Gasteiger partial charge in [0.1, 0.15) is 34.7 Å². The standard InChI is InChI=1S/C32H43ClN2O9/c1-17(2)29(37)43-25-15-26(36)35(6)21-13-20(14-22(40-7)27(21)33)12-18(3)10-9-11-24(41-8)32(39)16-23(42-30(38)34-32)19(4)28-31(25,5)44-28/h9-11,13-14,17,19,23-25,28,39H,12,15-16H2,1-8H3,(H,34,38)/t19-,23+,24-,25?,28+,31+,32+/m1/s1. The van der Waals surface area contributed by atoms with Gasteiger partial charge in [-0.25, -0.2) is 4.79 Å². The van der Waals surface area contributed by atoms with E-state index in [4.69, 9.17) is 35.3 Å². The number of esters is 1. The molecule has 4 bridgehead atoms. The van der Waals surface area contributed by atoms with Crippen LogP contribution in [0.3, 0.4) is 0 Å². The number of methoxy groups -OCH3 is 2. The lowest BCUT2D eigenvalue weighted by atomic mass is 9.83. The molecule has 1 aromatic carbocycles. The summed E-state index contributed by atoms with van der Waals surface area (Å²) in [5, 5.41) is 14.4. The van der Waals surface area contributed by atoms with E-state index in [1.54, 1.807) is 40.0 Å². The molecule has 1 aromatic rings. The van der Waals surface area contributed by atoms with Gasteiger partial charge in [0.25, 0.3) is 0 Å². The molecule has 0 aromatic heterocycles. The second-order valence-electron chi connectivity index (χ2n) is 12.4. The van der Waals surface area contributed by atoms with Crippen LogP contribution >= 0.6 is 11.6 Å². The van der Waals surface area contributed by atoms with Crippen LogP contribution in [-0.4, -0.2) is 80.1 Å². The lowest BCUT2D eigenvalue weighted by molar-refractivity contribution is -0.157. The van der Waals surface area contributed by atoms with Gasteiger partial charge in [-0.1, -0.05) is 56.2 Å². The van der Waals surface area contributed by atoms with Crippen molar-refractivity contribution in [1.29, 1.82) is 0 Å². The fraction of sp³-hybridized carbons (Fsp3) is 0.594. The first-order chi connectivity index (χ1) is 20.6. The van der Waals surface area contributed by atoms with Crippen LogP contribution in [0.15, 0.2) is 35.9 Å². The minimum absolute atomic E-state index is 0.00361. The summed E-state index contributed by atoms with van der Waals surface area (Å²) in [6, 6.07) is 3.63. The van der Waals surface area contributed by atoms with Gasteiger partial charge >= 0.3 is 12.1 Å². The number of hydrogen-bond donors (Lipinski definition) is 2.